The topological polar surface area (TPSA) is 159 Å². The lowest BCUT2D eigenvalue weighted by molar-refractivity contribution is -0.344. The number of hydrogen-bond acceptors (Lipinski definition) is 10. The smallest absolute Gasteiger partial charge is 0.305 e. The Morgan fingerprint density at radius 2 is 1.85 bits per heavy atom. The molecule has 0 amide bonds. The van der Waals surface area contributed by atoms with Crippen molar-refractivity contribution in [3.63, 3.8) is 0 Å². The zero-order chi connectivity index (χ0) is 33.8. The lowest BCUT2D eigenvalue weighted by Crippen LogP contribution is -2.79. The minimum Gasteiger partial charge on any atom is -0.481 e. The summed E-state index contributed by atoms with van der Waals surface area (Å²) < 4.78 is 30.3. The molecule has 4 fully saturated rings. The molecule has 1 spiro atoms. The number of carbonyl (C=O) groups is 4. The highest BCUT2D eigenvalue weighted by atomic mass is 16.6. The zero-order valence-corrected chi connectivity index (χ0v) is 27.7. The van der Waals surface area contributed by atoms with Crippen molar-refractivity contribution in [1.82, 2.24) is 0 Å². The second-order valence-corrected chi connectivity index (χ2v) is 14.7. The maximum Gasteiger partial charge on any atom is 0.305 e. The molecular formula is C35H48O11. The van der Waals surface area contributed by atoms with Gasteiger partial charge in [-0.25, -0.2) is 0 Å². The Kier molecular flexibility index (Phi) is 9.11. The van der Waals surface area contributed by atoms with E-state index in [1.165, 1.54) is 14.0 Å². The van der Waals surface area contributed by atoms with Gasteiger partial charge in [-0.15, -0.1) is 0 Å². The number of rotatable bonds is 10. The first-order chi connectivity index (χ1) is 21.6. The number of aliphatic hydroxyl groups excluding tert-OH is 1. The molecule has 3 aliphatic carbocycles. The van der Waals surface area contributed by atoms with E-state index in [2.05, 4.69) is 13.5 Å². The SMILES string of the molecule is C=C1[C@H]2CC[C@@]3(C)[C@H](c4ccoc4)CC(=O)[C@@H](OC(C)=O)[C@@]13O[C@H]1[C@@H](OCCCCC(=O)O)[C@@H](O)C(C)(C)[C@@H](CC(=O)OC)[C@@]21C. The third-order valence-corrected chi connectivity index (χ3v) is 12.2. The van der Waals surface area contributed by atoms with Gasteiger partial charge in [-0.2, -0.15) is 0 Å². The van der Waals surface area contributed by atoms with Gasteiger partial charge in [-0.1, -0.05) is 34.3 Å². The number of aliphatic hydroxyl groups is 1. The van der Waals surface area contributed by atoms with Crippen LogP contribution in [0.4, 0.5) is 0 Å². The van der Waals surface area contributed by atoms with Gasteiger partial charge in [0.15, 0.2) is 11.9 Å². The van der Waals surface area contributed by atoms with Crippen molar-refractivity contribution in [3.8, 4) is 0 Å². The summed E-state index contributed by atoms with van der Waals surface area (Å²) in [4.78, 5) is 50.7. The first-order valence-electron chi connectivity index (χ1n) is 16.2. The molecule has 2 heterocycles. The Labute approximate surface area is 270 Å². The van der Waals surface area contributed by atoms with Crippen LogP contribution in [0, 0.1) is 28.1 Å². The number of Topliss-reactive ketones (excluding diaryl/α,β-unsaturated/α-hetero) is 1. The number of carbonyl (C=O) groups excluding carboxylic acids is 3. The normalized spacial score (nSPS) is 39.6. The van der Waals surface area contributed by atoms with Crippen LogP contribution < -0.4 is 0 Å². The van der Waals surface area contributed by atoms with Crippen LogP contribution in [0.25, 0.3) is 0 Å². The summed E-state index contributed by atoms with van der Waals surface area (Å²) in [6, 6.07) is 1.84. The first-order valence-corrected chi connectivity index (χ1v) is 16.2. The van der Waals surface area contributed by atoms with E-state index in [1.54, 1.807) is 12.5 Å². The number of esters is 2. The Morgan fingerprint density at radius 3 is 2.46 bits per heavy atom. The number of carboxylic acid groups (broad SMARTS) is 1. The lowest BCUT2D eigenvalue weighted by Gasteiger charge is -2.73. The number of unbranched alkanes of at least 4 members (excludes halogenated alkanes) is 1. The van der Waals surface area contributed by atoms with Crippen LogP contribution in [-0.4, -0.2) is 77.6 Å². The molecule has 10 atom stereocenters. The summed E-state index contributed by atoms with van der Waals surface area (Å²) in [5, 5.41) is 21.2. The molecule has 1 aromatic rings. The highest BCUT2D eigenvalue weighted by Crippen LogP contribution is 2.73. The van der Waals surface area contributed by atoms with E-state index >= 15 is 0 Å². The van der Waals surface area contributed by atoms with Crippen LogP contribution in [0.3, 0.4) is 0 Å². The van der Waals surface area contributed by atoms with Crippen LogP contribution in [-0.2, 0) is 38.1 Å². The van der Waals surface area contributed by atoms with Crippen molar-refractivity contribution in [2.45, 2.75) is 115 Å². The molecule has 0 unspecified atom stereocenters. The molecule has 2 N–H and O–H groups in total. The maximum absolute atomic E-state index is 14.1. The van der Waals surface area contributed by atoms with Gasteiger partial charge >= 0.3 is 17.9 Å². The molecule has 1 aliphatic heterocycles. The lowest BCUT2D eigenvalue weighted by atomic mass is 9.39. The van der Waals surface area contributed by atoms with E-state index in [-0.39, 0.29) is 43.5 Å². The molecule has 1 saturated heterocycles. The van der Waals surface area contributed by atoms with Crippen LogP contribution in [0.15, 0.2) is 35.2 Å². The monoisotopic (exact) mass is 644 g/mol. The van der Waals surface area contributed by atoms with Crippen LogP contribution >= 0.6 is 0 Å². The van der Waals surface area contributed by atoms with E-state index in [4.69, 9.17) is 28.5 Å². The molecule has 0 radical (unpaired) electrons. The molecule has 11 heteroatoms. The van der Waals surface area contributed by atoms with Gasteiger partial charge in [0.1, 0.15) is 11.7 Å². The fourth-order valence-corrected chi connectivity index (χ4v) is 9.82. The fraction of sp³-hybridized carbons (Fsp3) is 0.714. The predicted octanol–water partition coefficient (Wildman–Crippen LogP) is 4.60. The number of ether oxygens (including phenoxy) is 4. The largest absolute Gasteiger partial charge is 0.481 e. The van der Waals surface area contributed by atoms with Gasteiger partial charge in [0.25, 0.3) is 0 Å². The van der Waals surface area contributed by atoms with Crippen LogP contribution in [0.2, 0.25) is 0 Å². The van der Waals surface area contributed by atoms with Crippen molar-refractivity contribution in [1.29, 1.82) is 0 Å². The Balaban J connectivity index is 1.67. The van der Waals surface area contributed by atoms with E-state index in [1.807, 2.05) is 26.8 Å². The average molecular weight is 645 g/mol. The quantitative estimate of drug-likeness (QED) is 0.208. The molecule has 4 aliphatic rings. The minimum atomic E-state index is -1.47. The molecule has 46 heavy (non-hydrogen) atoms. The number of hydrogen-bond donors (Lipinski definition) is 2. The molecule has 254 valence electrons. The molecular weight excluding hydrogens is 596 g/mol. The summed E-state index contributed by atoms with van der Waals surface area (Å²) in [5.74, 6) is -3.31. The van der Waals surface area contributed by atoms with Gasteiger partial charge in [0, 0.05) is 49.5 Å². The van der Waals surface area contributed by atoms with Crippen molar-refractivity contribution in [3.05, 3.63) is 36.3 Å². The molecule has 0 aromatic carbocycles. The summed E-state index contributed by atoms with van der Waals surface area (Å²) >= 11 is 0. The second kappa shape index (κ2) is 12.2. The highest BCUT2D eigenvalue weighted by molar-refractivity contribution is 5.90. The molecule has 3 saturated carbocycles. The Morgan fingerprint density at radius 1 is 1.13 bits per heavy atom. The summed E-state index contributed by atoms with van der Waals surface area (Å²) in [5.41, 5.74) is -2.45. The third-order valence-electron chi connectivity index (χ3n) is 12.2. The predicted molar refractivity (Wildman–Crippen MR) is 163 cm³/mol. The van der Waals surface area contributed by atoms with Crippen molar-refractivity contribution >= 4 is 23.7 Å². The number of carboxylic acids is 1. The van der Waals surface area contributed by atoms with Gasteiger partial charge in [0.2, 0.25) is 0 Å². The number of fused-ring (bicyclic) bond motifs is 3. The van der Waals surface area contributed by atoms with E-state index < -0.39 is 70.1 Å². The molecule has 2 bridgehead atoms. The van der Waals surface area contributed by atoms with Gasteiger partial charge in [-0.05, 0) is 60.1 Å². The van der Waals surface area contributed by atoms with E-state index in [0.29, 0.717) is 31.3 Å². The summed E-state index contributed by atoms with van der Waals surface area (Å²) in [6.07, 6.45) is 1.27. The number of aliphatic carboxylic acids is 1. The number of furan rings is 1. The van der Waals surface area contributed by atoms with Crippen molar-refractivity contribution < 1.29 is 52.8 Å². The summed E-state index contributed by atoms with van der Waals surface area (Å²) in [7, 11) is 1.34. The van der Waals surface area contributed by atoms with Crippen molar-refractivity contribution in [2.24, 2.45) is 28.1 Å². The molecule has 5 rings (SSSR count). The highest BCUT2D eigenvalue weighted by Gasteiger charge is 2.77. The van der Waals surface area contributed by atoms with Crippen LogP contribution in [0.1, 0.15) is 91.0 Å². The molecule has 1 aromatic heterocycles. The van der Waals surface area contributed by atoms with Gasteiger partial charge in [0.05, 0.1) is 31.8 Å². The summed E-state index contributed by atoms with van der Waals surface area (Å²) in [6.45, 7) is 14.0. The number of methoxy groups -OCH3 is 1. The van der Waals surface area contributed by atoms with Crippen LogP contribution in [0.5, 0.6) is 0 Å². The van der Waals surface area contributed by atoms with E-state index in [0.717, 1.165) is 5.56 Å². The standard InChI is InChI=1S/C35H48O11/c1-19-22-11-13-33(5)23(21-12-15-43-18-21)16-24(37)30(45-20(2)36)35(19,33)46-31-28(44-14-9-8-10-26(38)39)29(41)32(3,4)25(34(22,31)6)17-27(40)42-7/h12,15,18,22-23,25,28-31,41H,1,8-11,13-14,16-17H2,2-7H3,(H,38,39)/t22-,23+,25-,28+,29-,30-,31+,33+,34-,35+/m1/s1. The number of ketones is 1. The van der Waals surface area contributed by atoms with Gasteiger partial charge in [-0.3, -0.25) is 19.2 Å². The van der Waals surface area contributed by atoms with Crippen molar-refractivity contribution in [2.75, 3.05) is 13.7 Å². The van der Waals surface area contributed by atoms with E-state index in [9.17, 15) is 24.3 Å². The molecule has 11 nitrogen and oxygen atoms in total. The Hall–Kier alpha value is -3.02. The Bertz CT molecular complexity index is 1370. The maximum atomic E-state index is 14.1. The zero-order valence-electron chi connectivity index (χ0n) is 27.7. The third kappa shape index (κ3) is 5.04. The fourth-order valence-electron chi connectivity index (χ4n) is 9.82. The van der Waals surface area contributed by atoms with Gasteiger partial charge < -0.3 is 33.6 Å². The minimum absolute atomic E-state index is 0.00807. The average Bonchev–Trinajstić information content (AvgIpc) is 3.52. The second-order valence-electron chi connectivity index (χ2n) is 14.7. The first kappa shape index (κ1) is 34.3.